The highest BCUT2D eigenvalue weighted by Crippen LogP contribution is 2.51. The highest BCUT2D eigenvalue weighted by molar-refractivity contribution is 9.10. The smallest absolute Gasteiger partial charge is 0.262 e. The molecule has 2 rings (SSSR count). The van der Waals surface area contributed by atoms with Gasteiger partial charge in [0.25, 0.3) is 5.91 Å². The highest BCUT2D eigenvalue weighted by atomic mass is 79.9. The minimum Gasteiger partial charge on any atom is -0.351 e. The van der Waals surface area contributed by atoms with Crippen LogP contribution in [0.4, 0.5) is 0 Å². The molecule has 2 nitrogen and oxygen atoms in total. The summed E-state index contributed by atoms with van der Waals surface area (Å²) in [5.74, 6) is 0.702. The van der Waals surface area contributed by atoms with E-state index in [-0.39, 0.29) is 5.91 Å². The van der Waals surface area contributed by atoms with Crippen molar-refractivity contribution in [2.24, 2.45) is 11.3 Å². The Balaban J connectivity index is 1.92. The number of thiophene rings is 1. The summed E-state index contributed by atoms with van der Waals surface area (Å²) in [4.78, 5) is 12.7. The number of rotatable bonds is 4. The largest absolute Gasteiger partial charge is 0.351 e. The third-order valence-corrected chi connectivity index (χ3v) is 5.38. The predicted molar refractivity (Wildman–Crippen MR) is 70.9 cm³/mol. The average molecular weight is 302 g/mol. The Morgan fingerprint density at radius 1 is 1.62 bits per heavy atom. The number of carbonyl (C=O) groups excluding carboxylic acids is 1. The maximum absolute atomic E-state index is 11.9. The van der Waals surface area contributed by atoms with E-state index < -0.39 is 0 Å². The molecule has 1 saturated carbocycles. The molecule has 0 saturated heterocycles. The Morgan fingerprint density at radius 3 is 2.75 bits per heavy atom. The third-order valence-electron chi connectivity index (χ3n) is 3.54. The van der Waals surface area contributed by atoms with Crippen LogP contribution in [-0.2, 0) is 0 Å². The van der Waals surface area contributed by atoms with Crippen LogP contribution in [0.25, 0.3) is 0 Å². The van der Waals surface area contributed by atoms with Crippen LogP contribution in [0.2, 0.25) is 0 Å². The average Bonchev–Trinajstić information content (AvgIpc) is 2.92. The second-order valence-corrected chi connectivity index (χ2v) is 6.57. The molecule has 0 aromatic carbocycles. The minimum absolute atomic E-state index is 0.0498. The van der Waals surface area contributed by atoms with Gasteiger partial charge in [-0.05, 0) is 51.6 Å². The molecule has 0 spiro atoms. The van der Waals surface area contributed by atoms with E-state index in [1.54, 1.807) is 0 Å². The van der Waals surface area contributed by atoms with Crippen molar-refractivity contribution in [1.29, 1.82) is 0 Å². The Labute approximate surface area is 109 Å². The first-order valence-corrected chi connectivity index (χ1v) is 7.24. The monoisotopic (exact) mass is 301 g/mol. The first kappa shape index (κ1) is 12.1. The normalized spacial score (nSPS) is 17.5. The summed E-state index contributed by atoms with van der Waals surface area (Å²) in [5, 5.41) is 4.98. The van der Waals surface area contributed by atoms with E-state index in [9.17, 15) is 4.79 Å². The molecule has 1 N–H and O–H groups in total. The highest BCUT2D eigenvalue weighted by Gasteiger charge is 2.45. The Kier molecular flexibility index (Phi) is 3.40. The van der Waals surface area contributed by atoms with Gasteiger partial charge < -0.3 is 5.32 Å². The van der Waals surface area contributed by atoms with Gasteiger partial charge in [0.1, 0.15) is 4.88 Å². The molecule has 0 bridgehead atoms. The summed E-state index contributed by atoms with van der Waals surface area (Å²) in [6.45, 7) is 5.29. The number of halogens is 1. The van der Waals surface area contributed by atoms with E-state index >= 15 is 0 Å². The van der Waals surface area contributed by atoms with Crippen LogP contribution in [0.1, 0.15) is 36.4 Å². The Morgan fingerprint density at radius 2 is 2.31 bits per heavy atom. The fourth-order valence-corrected chi connectivity index (χ4v) is 3.38. The minimum atomic E-state index is 0.0498. The zero-order valence-corrected chi connectivity index (χ0v) is 12.0. The van der Waals surface area contributed by atoms with Crippen molar-refractivity contribution in [1.82, 2.24) is 5.32 Å². The summed E-state index contributed by atoms with van der Waals surface area (Å²) in [6.07, 6.45) is 2.49. The number of carbonyl (C=O) groups is 1. The lowest BCUT2D eigenvalue weighted by Crippen LogP contribution is -2.32. The fourth-order valence-electron chi connectivity index (χ4n) is 1.91. The van der Waals surface area contributed by atoms with Gasteiger partial charge in [-0.25, -0.2) is 0 Å². The van der Waals surface area contributed by atoms with Crippen molar-refractivity contribution in [3.05, 3.63) is 20.8 Å². The lowest BCUT2D eigenvalue weighted by atomic mass is 9.92. The Bertz CT molecular complexity index is 395. The van der Waals surface area contributed by atoms with Gasteiger partial charge in [0, 0.05) is 11.0 Å². The van der Waals surface area contributed by atoms with E-state index in [1.165, 1.54) is 24.2 Å². The summed E-state index contributed by atoms with van der Waals surface area (Å²) < 4.78 is 0.893. The van der Waals surface area contributed by atoms with Gasteiger partial charge in [0.05, 0.1) is 0 Å². The molecule has 0 unspecified atom stereocenters. The number of hydrogen-bond donors (Lipinski definition) is 1. The van der Waals surface area contributed by atoms with Crippen LogP contribution in [0, 0.1) is 11.3 Å². The molecule has 0 atom stereocenters. The zero-order valence-electron chi connectivity index (χ0n) is 9.55. The first-order valence-electron chi connectivity index (χ1n) is 5.56. The van der Waals surface area contributed by atoms with Crippen molar-refractivity contribution in [2.45, 2.75) is 26.7 Å². The maximum atomic E-state index is 11.9. The molecule has 88 valence electrons. The summed E-state index contributed by atoms with van der Waals surface area (Å²) in [5.41, 5.74) is 0.374. The van der Waals surface area contributed by atoms with E-state index in [1.807, 2.05) is 11.4 Å². The molecule has 0 radical (unpaired) electrons. The molecule has 1 fully saturated rings. The van der Waals surface area contributed by atoms with Crippen LogP contribution >= 0.6 is 27.3 Å². The number of hydrogen-bond acceptors (Lipinski definition) is 2. The van der Waals surface area contributed by atoms with Crippen molar-refractivity contribution in [3.63, 3.8) is 0 Å². The molecule has 1 aromatic rings. The first-order chi connectivity index (χ1) is 7.55. The van der Waals surface area contributed by atoms with Gasteiger partial charge in [-0.2, -0.15) is 0 Å². The van der Waals surface area contributed by atoms with Crippen LogP contribution < -0.4 is 5.32 Å². The van der Waals surface area contributed by atoms with Gasteiger partial charge in [-0.3, -0.25) is 4.79 Å². The molecule has 1 amide bonds. The topological polar surface area (TPSA) is 29.1 Å². The lowest BCUT2D eigenvalue weighted by molar-refractivity contribution is 0.0943. The van der Waals surface area contributed by atoms with Crippen molar-refractivity contribution < 1.29 is 4.79 Å². The van der Waals surface area contributed by atoms with Crippen LogP contribution in [0.5, 0.6) is 0 Å². The molecular weight excluding hydrogens is 286 g/mol. The molecule has 4 heteroatoms. The van der Waals surface area contributed by atoms with Gasteiger partial charge in [0.2, 0.25) is 0 Å². The number of nitrogens with one attached hydrogen (secondary N) is 1. The molecule has 1 heterocycles. The van der Waals surface area contributed by atoms with Gasteiger partial charge >= 0.3 is 0 Å². The van der Waals surface area contributed by atoms with E-state index in [4.69, 9.17) is 0 Å². The lowest BCUT2D eigenvalue weighted by Gasteiger charge is -2.19. The fraction of sp³-hybridized carbons (Fsp3) is 0.583. The molecule has 1 aliphatic rings. The zero-order chi connectivity index (χ0) is 11.8. The van der Waals surface area contributed by atoms with Crippen molar-refractivity contribution >= 4 is 33.2 Å². The standard InChI is InChI=1S/C12H16BrNOS/c1-8(2)12(4-5-12)7-14-11(15)10-9(13)3-6-16-10/h3,6,8H,4-5,7H2,1-2H3,(H,14,15). The van der Waals surface area contributed by atoms with E-state index in [0.717, 1.165) is 15.9 Å². The second kappa shape index (κ2) is 4.49. The number of amides is 1. The van der Waals surface area contributed by atoms with Crippen molar-refractivity contribution in [3.8, 4) is 0 Å². The van der Waals surface area contributed by atoms with E-state index in [2.05, 4.69) is 35.1 Å². The third kappa shape index (κ3) is 2.33. The molecular formula is C12H16BrNOS. The maximum Gasteiger partial charge on any atom is 0.262 e. The van der Waals surface area contributed by atoms with Gasteiger partial charge in [-0.15, -0.1) is 11.3 Å². The Hall–Kier alpha value is -0.350. The molecule has 16 heavy (non-hydrogen) atoms. The van der Waals surface area contributed by atoms with Gasteiger partial charge in [0.15, 0.2) is 0 Å². The van der Waals surface area contributed by atoms with E-state index in [0.29, 0.717) is 11.3 Å². The summed E-state index contributed by atoms with van der Waals surface area (Å²) >= 11 is 4.86. The van der Waals surface area contributed by atoms with Crippen LogP contribution in [0.3, 0.4) is 0 Å². The molecule has 1 aromatic heterocycles. The van der Waals surface area contributed by atoms with Gasteiger partial charge in [-0.1, -0.05) is 13.8 Å². The quantitative estimate of drug-likeness (QED) is 0.903. The SMILES string of the molecule is CC(C)C1(CNC(=O)c2sccc2Br)CC1. The van der Waals surface area contributed by atoms with Crippen LogP contribution in [0.15, 0.2) is 15.9 Å². The molecule has 0 aliphatic heterocycles. The van der Waals surface area contributed by atoms with Crippen LogP contribution in [-0.4, -0.2) is 12.5 Å². The summed E-state index contributed by atoms with van der Waals surface area (Å²) in [6, 6.07) is 1.91. The predicted octanol–water partition coefficient (Wildman–Crippen LogP) is 3.68. The molecule has 1 aliphatic carbocycles. The second-order valence-electron chi connectivity index (χ2n) is 4.80. The summed E-state index contributed by atoms with van der Waals surface area (Å²) in [7, 11) is 0. The van der Waals surface area contributed by atoms with Crippen molar-refractivity contribution in [2.75, 3.05) is 6.54 Å².